The van der Waals surface area contributed by atoms with Gasteiger partial charge in [-0.15, -0.1) is 5.10 Å². The van der Waals surface area contributed by atoms with Gasteiger partial charge in [-0.05, 0) is 37.0 Å². The molecule has 10 heteroatoms. The minimum atomic E-state index is -3.09. The van der Waals surface area contributed by atoms with Gasteiger partial charge in [0.05, 0.1) is 29.4 Å². The highest BCUT2D eigenvalue weighted by Gasteiger charge is 2.25. The average Bonchev–Trinajstić information content (AvgIpc) is 3.19. The number of amides is 1. The van der Waals surface area contributed by atoms with Gasteiger partial charge in [-0.3, -0.25) is 4.79 Å². The second-order valence-electron chi connectivity index (χ2n) is 7.94. The van der Waals surface area contributed by atoms with Crippen molar-refractivity contribution < 1.29 is 18.0 Å². The number of nitrogens with one attached hydrogen (secondary N) is 2. The lowest BCUT2D eigenvalue weighted by atomic mass is 9.97. The largest absolute Gasteiger partial charge is 0.346 e. The van der Waals surface area contributed by atoms with Crippen LogP contribution in [0.15, 0.2) is 41.6 Å². The number of benzene rings is 1. The van der Waals surface area contributed by atoms with Gasteiger partial charge in [0.1, 0.15) is 11.6 Å². The maximum Gasteiger partial charge on any atom is 0.262 e. The van der Waals surface area contributed by atoms with E-state index in [-0.39, 0.29) is 11.1 Å². The van der Waals surface area contributed by atoms with E-state index >= 15 is 4.39 Å². The number of hydrogen-bond acceptors (Lipinski definition) is 5. The van der Waals surface area contributed by atoms with Crippen LogP contribution >= 0.6 is 0 Å². The third-order valence-corrected chi connectivity index (χ3v) is 5.30. The number of aromatic nitrogens is 3. The van der Waals surface area contributed by atoms with Crippen LogP contribution in [0.25, 0.3) is 11.8 Å². The van der Waals surface area contributed by atoms with Crippen LogP contribution in [-0.2, 0) is 6.42 Å². The van der Waals surface area contributed by atoms with E-state index < -0.39 is 24.2 Å². The molecule has 33 heavy (non-hydrogen) atoms. The van der Waals surface area contributed by atoms with E-state index in [1.807, 2.05) is 12.2 Å². The predicted octanol–water partition coefficient (Wildman–Crippen LogP) is 4.29. The fraction of sp³-hybridized carbons (Fsp3) is 0.304. The Morgan fingerprint density at radius 1 is 1.30 bits per heavy atom. The first-order valence-electron chi connectivity index (χ1n) is 10.4. The zero-order valence-corrected chi connectivity index (χ0v) is 17.8. The van der Waals surface area contributed by atoms with E-state index in [2.05, 4.69) is 26.8 Å². The van der Waals surface area contributed by atoms with Crippen LogP contribution in [0, 0.1) is 17.1 Å². The molecule has 2 N–H and O–H groups in total. The molecule has 1 aliphatic heterocycles. The average molecular weight is 454 g/mol. The highest BCUT2D eigenvalue weighted by atomic mass is 19.3. The van der Waals surface area contributed by atoms with Crippen molar-refractivity contribution in [1.29, 1.82) is 5.26 Å². The lowest BCUT2D eigenvalue weighted by Gasteiger charge is -2.16. The summed E-state index contributed by atoms with van der Waals surface area (Å²) in [6.07, 6.45) is 7.81. The maximum absolute atomic E-state index is 15.1. The summed E-state index contributed by atoms with van der Waals surface area (Å²) < 4.78 is 42.7. The number of nitriles is 1. The summed E-state index contributed by atoms with van der Waals surface area (Å²) in [7, 11) is 0. The minimum absolute atomic E-state index is 0.200. The quantitative estimate of drug-likeness (QED) is 0.679. The van der Waals surface area contributed by atoms with Gasteiger partial charge in [-0.1, -0.05) is 18.2 Å². The normalized spacial score (nSPS) is 15.5. The number of carbonyl (C=O) groups excluding carboxylic acids is 1. The molecule has 7 nitrogen and oxygen atoms in total. The number of halogens is 3. The second-order valence-corrected chi connectivity index (χ2v) is 7.94. The van der Waals surface area contributed by atoms with Gasteiger partial charge in [-0.2, -0.15) is 10.2 Å². The van der Waals surface area contributed by atoms with E-state index in [1.165, 1.54) is 22.9 Å². The molecule has 2 heterocycles. The molecule has 0 unspecified atom stereocenters. The van der Waals surface area contributed by atoms with Crippen molar-refractivity contribution in [2.24, 2.45) is 0 Å². The number of alkyl halides is 2. The molecule has 0 spiro atoms. The first-order chi connectivity index (χ1) is 15.7. The molecule has 170 valence electrons. The van der Waals surface area contributed by atoms with Crippen LogP contribution in [0.1, 0.15) is 47.9 Å². The number of hydrogen-bond donors (Lipinski definition) is 2. The summed E-state index contributed by atoms with van der Waals surface area (Å²) in [4.78, 5) is 16.7. The molecule has 0 saturated heterocycles. The summed E-state index contributed by atoms with van der Waals surface area (Å²) in [6.45, 7) is -0.205. The van der Waals surface area contributed by atoms with E-state index in [1.54, 1.807) is 6.20 Å². The van der Waals surface area contributed by atoms with Crippen LogP contribution in [-0.4, -0.2) is 33.1 Å². The highest BCUT2D eigenvalue weighted by Crippen LogP contribution is 2.30. The van der Waals surface area contributed by atoms with E-state index in [4.69, 9.17) is 0 Å². The summed E-state index contributed by atoms with van der Waals surface area (Å²) in [6, 6.07) is 6.47. The Kier molecular flexibility index (Phi) is 6.05. The van der Waals surface area contributed by atoms with Crippen LogP contribution in [0.3, 0.4) is 0 Å². The number of aryl methyl sites for hydroxylation is 1. The summed E-state index contributed by atoms with van der Waals surface area (Å²) in [5.74, 6) is -3.78. The van der Waals surface area contributed by atoms with Gasteiger partial charge in [-0.25, -0.2) is 17.9 Å². The zero-order valence-electron chi connectivity index (χ0n) is 17.8. The molecule has 0 bridgehead atoms. The van der Waals surface area contributed by atoms with E-state index in [9.17, 15) is 18.8 Å². The second kappa shape index (κ2) is 8.94. The molecule has 0 saturated carbocycles. The molecule has 0 fully saturated rings. The number of fused-ring (bicyclic) bond motifs is 1. The molecule has 2 aliphatic rings. The Bertz CT molecular complexity index is 1230. The van der Waals surface area contributed by atoms with E-state index in [0.29, 0.717) is 54.8 Å². The number of rotatable bonds is 6. The van der Waals surface area contributed by atoms with Crippen LogP contribution in [0.2, 0.25) is 0 Å². The minimum Gasteiger partial charge on any atom is -0.346 e. The molecule has 1 aromatic carbocycles. The summed E-state index contributed by atoms with van der Waals surface area (Å²) in [5, 5.41) is 18.8. The van der Waals surface area contributed by atoms with Gasteiger partial charge in [0.25, 0.3) is 11.8 Å². The molecule has 1 aromatic heterocycles. The molecule has 1 amide bonds. The monoisotopic (exact) mass is 454 g/mol. The molecule has 1 aliphatic carbocycles. The van der Waals surface area contributed by atoms with Crippen molar-refractivity contribution in [3.05, 3.63) is 64.4 Å². The Morgan fingerprint density at radius 3 is 2.88 bits per heavy atom. The summed E-state index contributed by atoms with van der Waals surface area (Å²) in [5.41, 5.74) is 1.77. The fourth-order valence-electron chi connectivity index (χ4n) is 3.65. The van der Waals surface area contributed by atoms with Crippen LogP contribution in [0.5, 0.6) is 0 Å². The smallest absolute Gasteiger partial charge is 0.262 e. The topological polar surface area (TPSA) is 95.6 Å². The third kappa shape index (κ3) is 4.98. The molecule has 2 aromatic rings. The zero-order chi connectivity index (χ0) is 23.6. The predicted molar refractivity (Wildman–Crippen MR) is 116 cm³/mol. The highest BCUT2D eigenvalue weighted by molar-refractivity contribution is 5.96. The lowest BCUT2D eigenvalue weighted by molar-refractivity contribution is 0.0220. The Balaban J connectivity index is 1.57. The standard InChI is InChI=1S/C23H21F3N6O/c1-23(25,26)13-28-21(33)17-7-4-6-16(20(17)24)15-9-10-19-30-22(31-32(19)12-15)29-18-8-3-2-5-14(18)11-27/h3-4,6-8,12H,2,5,9-10,13H2,1H3,(H,28,33)(H,29,31). The first kappa shape index (κ1) is 22.3. The van der Waals surface area contributed by atoms with Crippen molar-refractivity contribution in [2.75, 3.05) is 11.9 Å². The maximum atomic E-state index is 15.1. The Morgan fingerprint density at radius 2 is 2.12 bits per heavy atom. The van der Waals surface area contributed by atoms with Crippen molar-refractivity contribution >= 4 is 23.6 Å². The Labute approximate surface area is 188 Å². The van der Waals surface area contributed by atoms with Crippen molar-refractivity contribution in [3.63, 3.8) is 0 Å². The van der Waals surface area contributed by atoms with Crippen molar-refractivity contribution in [1.82, 2.24) is 20.1 Å². The number of carbonyl (C=O) groups is 1. The third-order valence-electron chi connectivity index (χ3n) is 5.30. The SMILES string of the molecule is CC(F)(F)CNC(=O)c1cccc(C2=Cn3nc(NC4=C(C#N)CCC=C4)nc3CC2)c1F. The molecular weight excluding hydrogens is 433 g/mol. The Hall–Kier alpha value is -3.87. The molecule has 0 radical (unpaired) electrons. The fourth-order valence-corrected chi connectivity index (χ4v) is 3.65. The summed E-state index contributed by atoms with van der Waals surface area (Å²) >= 11 is 0. The number of nitrogens with zero attached hydrogens (tertiary/aromatic N) is 4. The van der Waals surface area contributed by atoms with Gasteiger partial charge in [0, 0.05) is 25.1 Å². The van der Waals surface area contributed by atoms with Crippen molar-refractivity contribution in [3.8, 4) is 6.07 Å². The van der Waals surface area contributed by atoms with Gasteiger partial charge in [0.2, 0.25) is 5.95 Å². The van der Waals surface area contributed by atoms with Gasteiger partial charge < -0.3 is 10.6 Å². The van der Waals surface area contributed by atoms with Gasteiger partial charge >= 0.3 is 0 Å². The molecule has 0 atom stereocenters. The van der Waals surface area contributed by atoms with Crippen molar-refractivity contribution in [2.45, 2.75) is 38.5 Å². The molecule has 4 rings (SSSR count). The van der Waals surface area contributed by atoms with E-state index in [0.717, 1.165) is 6.42 Å². The first-order valence-corrected chi connectivity index (χ1v) is 10.4. The van der Waals surface area contributed by atoms with Crippen LogP contribution in [0.4, 0.5) is 19.1 Å². The number of allylic oxidation sites excluding steroid dienone is 4. The van der Waals surface area contributed by atoms with Gasteiger partial charge in [0.15, 0.2) is 0 Å². The number of anilines is 1. The van der Waals surface area contributed by atoms with Crippen LogP contribution < -0.4 is 10.6 Å². The molecular formula is C23H21F3N6O. The lowest BCUT2D eigenvalue weighted by Crippen LogP contribution is -2.35.